The Balaban J connectivity index is 1.48. The number of hydrogen-bond donors (Lipinski definition) is 8. The van der Waals surface area contributed by atoms with Crippen molar-refractivity contribution < 1.29 is 49.5 Å². The van der Waals surface area contributed by atoms with Crippen LogP contribution in [0.2, 0.25) is 0 Å². The number of nitrogens with zero attached hydrogens (tertiary/aromatic N) is 1. The van der Waals surface area contributed by atoms with E-state index in [0.29, 0.717) is 0 Å². The number of phenolic OH excluding ortho intramolecular Hbond substituents is 1. The van der Waals surface area contributed by atoms with Gasteiger partial charge in [0.1, 0.15) is 23.6 Å². The largest absolute Gasteiger partial charge is 0.510 e. The van der Waals surface area contributed by atoms with E-state index in [1.54, 1.807) is 6.92 Å². The van der Waals surface area contributed by atoms with Gasteiger partial charge in [-0.1, -0.05) is 43.3 Å². The highest BCUT2D eigenvalue weighted by molar-refractivity contribution is 6.25. The maximum Gasteiger partial charge on any atom is 0.255 e. The first-order valence-corrected chi connectivity index (χ1v) is 14.1. The molecule has 6 atom stereocenters. The predicted molar refractivity (Wildman–Crippen MR) is 158 cm³/mol. The third-order valence-electron chi connectivity index (χ3n) is 8.82. The number of rotatable bonds is 8. The fourth-order valence-corrected chi connectivity index (χ4v) is 6.74. The van der Waals surface area contributed by atoms with Gasteiger partial charge in [0.15, 0.2) is 17.1 Å². The van der Waals surface area contributed by atoms with E-state index in [-0.39, 0.29) is 30.0 Å². The number of anilines is 1. The van der Waals surface area contributed by atoms with Crippen molar-refractivity contribution in [1.82, 2.24) is 10.4 Å². The average Bonchev–Trinajstić information content (AvgIpc) is 2.98. The molecule has 0 radical (unpaired) electrons. The molecule has 0 saturated heterocycles. The quantitative estimate of drug-likeness (QED) is 0.0860. The van der Waals surface area contributed by atoms with Crippen LogP contribution in [0.1, 0.15) is 34.3 Å². The third kappa shape index (κ3) is 4.96. The zero-order valence-corrected chi connectivity index (χ0v) is 24.6. The van der Waals surface area contributed by atoms with Gasteiger partial charge in [0.25, 0.3) is 5.91 Å². The first-order valence-electron chi connectivity index (χ1n) is 14.1. The summed E-state index contributed by atoms with van der Waals surface area (Å²) >= 11 is 0. The minimum absolute atomic E-state index is 0.138. The van der Waals surface area contributed by atoms with Gasteiger partial charge < -0.3 is 36.6 Å². The van der Waals surface area contributed by atoms with Crippen molar-refractivity contribution in [2.45, 2.75) is 37.2 Å². The van der Waals surface area contributed by atoms with Crippen molar-refractivity contribution in [3.05, 3.63) is 81.8 Å². The maximum atomic E-state index is 14.0. The summed E-state index contributed by atoms with van der Waals surface area (Å²) in [5.41, 5.74) is 4.00. The number of hydrogen-bond acceptors (Lipinski definition) is 12. The predicted octanol–water partition coefficient (Wildman–Crippen LogP) is 0.312. The number of fused-ring (bicyclic) bond motifs is 3. The van der Waals surface area contributed by atoms with E-state index in [1.165, 1.54) is 31.1 Å². The average molecular weight is 623 g/mol. The normalized spacial score (nSPS) is 27.6. The molecule has 238 valence electrons. The summed E-state index contributed by atoms with van der Waals surface area (Å²) in [4.78, 5) is 58.8. The second-order valence-corrected chi connectivity index (χ2v) is 11.6. The summed E-state index contributed by atoms with van der Waals surface area (Å²) in [6.07, 6.45) is -1.70. The molecule has 0 fully saturated rings. The fourth-order valence-electron chi connectivity index (χ4n) is 6.74. The molecule has 2 aromatic rings. The van der Waals surface area contributed by atoms with Gasteiger partial charge in [-0.25, -0.2) is 0 Å². The summed E-state index contributed by atoms with van der Waals surface area (Å²) in [7, 11) is 2.92. The molecule has 14 nitrogen and oxygen atoms in total. The van der Waals surface area contributed by atoms with Crippen LogP contribution in [0.15, 0.2) is 65.1 Å². The number of nitrogens with one attached hydrogen (secondary N) is 2. The Labute approximate surface area is 257 Å². The molecular weight excluding hydrogens is 588 g/mol. The van der Waals surface area contributed by atoms with Gasteiger partial charge in [-0.15, -0.1) is 0 Å². The molecule has 45 heavy (non-hydrogen) atoms. The standard InChI is InChI=1S/C31H34N4O10/c1-13-15-9-10-16(34-17(36)11-33-45-12-14-7-5-4-6-8-14)24(37)19(15)25(38)20-18(13)26(39)22-23(35(2)3)27(40)21(30(32)43)29(42)31(22,44)28(20)41/h4-10,13,18,22-23,26,33,37,39-41,44H,11-12H2,1-3H3,(H2,32,43)(H,34,36)/t13?,18?,22?,23-,26?,31?/m0/s1. The molecule has 0 bridgehead atoms. The van der Waals surface area contributed by atoms with Crippen LogP contribution in [-0.2, 0) is 25.8 Å². The maximum absolute atomic E-state index is 14.0. The van der Waals surface area contributed by atoms with E-state index < -0.39 is 87.3 Å². The van der Waals surface area contributed by atoms with Crippen molar-refractivity contribution in [3.8, 4) is 5.75 Å². The summed E-state index contributed by atoms with van der Waals surface area (Å²) in [6.45, 7) is 1.50. The molecule has 14 heteroatoms. The fraction of sp³-hybridized carbons (Fsp3) is 0.355. The molecule has 0 spiro atoms. The highest BCUT2D eigenvalue weighted by Crippen LogP contribution is 2.56. The monoisotopic (exact) mass is 622 g/mol. The van der Waals surface area contributed by atoms with Crippen LogP contribution in [-0.4, -0.2) is 92.2 Å². The van der Waals surface area contributed by atoms with E-state index in [0.717, 1.165) is 5.56 Å². The number of aromatic hydroxyl groups is 1. The van der Waals surface area contributed by atoms with Crippen molar-refractivity contribution in [3.63, 3.8) is 0 Å². The summed E-state index contributed by atoms with van der Waals surface area (Å²) in [6, 6.07) is 10.7. The van der Waals surface area contributed by atoms with Gasteiger partial charge in [0.2, 0.25) is 11.7 Å². The van der Waals surface area contributed by atoms with E-state index in [2.05, 4.69) is 10.8 Å². The molecule has 9 N–H and O–H groups in total. The number of benzene rings is 2. The van der Waals surface area contributed by atoms with Gasteiger partial charge in [-0.2, -0.15) is 5.48 Å². The molecule has 0 heterocycles. The summed E-state index contributed by atoms with van der Waals surface area (Å²) < 4.78 is 0. The Morgan fingerprint density at radius 1 is 1.07 bits per heavy atom. The number of aliphatic hydroxyl groups is 4. The van der Waals surface area contributed by atoms with Crippen molar-refractivity contribution in [2.24, 2.45) is 17.6 Å². The van der Waals surface area contributed by atoms with Gasteiger partial charge in [-0.05, 0) is 37.2 Å². The van der Waals surface area contributed by atoms with Crippen molar-refractivity contribution in [1.29, 1.82) is 0 Å². The Hall–Kier alpha value is -4.60. The van der Waals surface area contributed by atoms with Crippen LogP contribution in [0, 0.1) is 11.8 Å². The van der Waals surface area contributed by atoms with Gasteiger partial charge in [-0.3, -0.25) is 28.9 Å². The number of ketones is 2. The van der Waals surface area contributed by atoms with E-state index in [1.807, 2.05) is 30.3 Å². The van der Waals surface area contributed by atoms with Gasteiger partial charge >= 0.3 is 0 Å². The zero-order valence-electron chi connectivity index (χ0n) is 24.6. The first kappa shape index (κ1) is 31.8. The van der Waals surface area contributed by atoms with Crippen LogP contribution in [0.5, 0.6) is 5.75 Å². The van der Waals surface area contributed by atoms with E-state index in [9.17, 15) is 44.7 Å². The molecule has 0 aliphatic heterocycles. The highest BCUT2D eigenvalue weighted by Gasteiger charge is 2.67. The number of aliphatic hydroxyl groups excluding tert-OH is 3. The lowest BCUT2D eigenvalue weighted by atomic mass is 9.55. The lowest BCUT2D eigenvalue weighted by molar-refractivity contribution is -0.162. The summed E-state index contributed by atoms with van der Waals surface area (Å²) in [5.74, 6) is -10.6. The van der Waals surface area contributed by atoms with E-state index in [4.69, 9.17) is 10.6 Å². The number of amides is 2. The SMILES string of the molecule is CC1c2ccc(NC(=O)CNOCc3ccccc3)c(O)c2C(=O)C2=C(O)C3(O)C(=O)C(C(N)=O)=C(O)[C@@H](N(C)C)C3C(O)C21. The van der Waals surface area contributed by atoms with Crippen molar-refractivity contribution in [2.75, 3.05) is 26.0 Å². The molecule has 2 amide bonds. The third-order valence-corrected chi connectivity index (χ3v) is 8.82. The highest BCUT2D eigenvalue weighted by atomic mass is 16.6. The Morgan fingerprint density at radius 3 is 2.36 bits per heavy atom. The van der Waals surface area contributed by atoms with Crippen LogP contribution in [0.3, 0.4) is 0 Å². The number of primary amides is 1. The summed E-state index contributed by atoms with van der Waals surface area (Å²) in [5, 5.41) is 59.4. The first-order chi connectivity index (χ1) is 21.2. The molecule has 5 unspecified atom stereocenters. The van der Waals surface area contributed by atoms with Gasteiger partial charge in [0, 0.05) is 11.5 Å². The number of Topliss-reactive ketones (excluding diaryl/α,β-unsaturated/α-hetero) is 2. The zero-order chi connectivity index (χ0) is 33.0. The molecule has 5 rings (SSSR count). The van der Waals surface area contributed by atoms with E-state index >= 15 is 0 Å². The van der Waals surface area contributed by atoms with Gasteiger partial charge in [0.05, 0.1) is 35.9 Å². The molecular formula is C31H34N4O10. The molecule has 3 aliphatic carbocycles. The number of carbonyl (C=O) groups is 4. The minimum Gasteiger partial charge on any atom is -0.510 e. The number of hydroxylamine groups is 1. The molecule has 2 aromatic carbocycles. The van der Waals surface area contributed by atoms with Crippen LogP contribution < -0.4 is 16.5 Å². The Morgan fingerprint density at radius 2 is 1.73 bits per heavy atom. The lowest BCUT2D eigenvalue weighted by Crippen LogP contribution is -2.68. The number of likely N-dealkylation sites (N-methyl/N-ethyl adjacent to an activating group) is 1. The minimum atomic E-state index is -3.02. The number of nitrogens with two attached hydrogens (primary N) is 1. The Bertz CT molecular complexity index is 1650. The topological polar surface area (TPSA) is 232 Å². The molecule has 0 aromatic heterocycles. The molecule has 0 saturated carbocycles. The molecule has 3 aliphatic rings. The van der Waals surface area contributed by atoms with Crippen LogP contribution in [0.4, 0.5) is 5.69 Å². The number of phenols is 1. The smallest absolute Gasteiger partial charge is 0.255 e. The second kappa shape index (κ2) is 11.7. The number of carbonyl (C=O) groups excluding carboxylic acids is 4. The van der Waals surface area contributed by atoms with Crippen molar-refractivity contribution >= 4 is 29.1 Å². The second-order valence-electron chi connectivity index (χ2n) is 11.6. The van der Waals surface area contributed by atoms with Crippen LogP contribution in [0.25, 0.3) is 0 Å². The lowest BCUT2D eigenvalue weighted by Gasteiger charge is -2.53. The van der Waals surface area contributed by atoms with Crippen LogP contribution >= 0.6 is 0 Å². The Kier molecular flexibility index (Phi) is 8.29.